The van der Waals surface area contributed by atoms with Crippen molar-refractivity contribution in [2.75, 3.05) is 0 Å². The molecule has 3 amide bonds. The predicted molar refractivity (Wildman–Crippen MR) is 42.7 cm³/mol. The van der Waals surface area contributed by atoms with Crippen molar-refractivity contribution in [3.63, 3.8) is 0 Å². The normalized spacial score (nSPS) is 41.3. The van der Waals surface area contributed by atoms with Crippen molar-refractivity contribution in [1.82, 2.24) is 10.6 Å². The molecule has 1 heterocycles. The van der Waals surface area contributed by atoms with Gasteiger partial charge in [0, 0.05) is 0 Å². The molecule has 1 saturated heterocycles. The van der Waals surface area contributed by atoms with Crippen molar-refractivity contribution in [3.05, 3.63) is 0 Å². The Hall–Kier alpha value is -1.13. The summed E-state index contributed by atoms with van der Waals surface area (Å²) < 4.78 is 13.8. The van der Waals surface area contributed by atoms with E-state index in [0.717, 1.165) is 0 Å². The highest BCUT2D eigenvalue weighted by molar-refractivity contribution is 6.03. The summed E-state index contributed by atoms with van der Waals surface area (Å²) in [4.78, 5) is 22.0. The molecule has 0 aromatic heterocycles. The minimum atomic E-state index is -1.89. The molecule has 1 aliphatic heterocycles. The Morgan fingerprint density at radius 1 is 1.46 bits per heavy atom. The standard InChI is InChI=1S/C8H11FN2O2/c1-7(2)3-8(9)4(7)10-6(13)11-5(8)12/h4H,3H2,1-2H3,(H2,10,11,12,13)/t4-,8-/m0/s1. The zero-order chi connectivity index (χ0) is 9.85. The monoisotopic (exact) mass is 186 g/mol. The molecule has 0 radical (unpaired) electrons. The molecule has 2 atom stereocenters. The third-order valence-electron chi connectivity index (χ3n) is 2.83. The Kier molecular flexibility index (Phi) is 1.32. The number of amides is 3. The van der Waals surface area contributed by atoms with E-state index in [9.17, 15) is 14.0 Å². The van der Waals surface area contributed by atoms with Crippen LogP contribution in [0.3, 0.4) is 0 Å². The summed E-state index contributed by atoms with van der Waals surface area (Å²) >= 11 is 0. The molecule has 0 unspecified atom stereocenters. The van der Waals surface area contributed by atoms with Crippen molar-refractivity contribution < 1.29 is 14.0 Å². The van der Waals surface area contributed by atoms with Crippen LogP contribution in [0.25, 0.3) is 0 Å². The van der Waals surface area contributed by atoms with Crippen LogP contribution in [0.2, 0.25) is 0 Å². The Balaban J connectivity index is 2.30. The lowest BCUT2D eigenvalue weighted by molar-refractivity contribution is -0.158. The molecule has 72 valence electrons. The Morgan fingerprint density at radius 3 is 2.62 bits per heavy atom. The number of alkyl halides is 1. The van der Waals surface area contributed by atoms with Gasteiger partial charge in [0.1, 0.15) is 0 Å². The molecule has 2 N–H and O–H groups in total. The number of carbonyl (C=O) groups is 2. The molecule has 0 aromatic rings. The summed E-state index contributed by atoms with van der Waals surface area (Å²) in [6.07, 6.45) is 0.163. The minimum Gasteiger partial charge on any atom is -0.331 e. The van der Waals surface area contributed by atoms with E-state index in [4.69, 9.17) is 0 Å². The first-order chi connectivity index (χ1) is 5.86. The molecule has 1 saturated carbocycles. The van der Waals surface area contributed by atoms with Gasteiger partial charge in [-0.05, 0) is 11.8 Å². The van der Waals surface area contributed by atoms with Crippen LogP contribution in [-0.4, -0.2) is 23.6 Å². The van der Waals surface area contributed by atoms with Gasteiger partial charge < -0.3 is 5.32 Å². The van der Waals surface area contributed by atoms with Gasteiger partial charge in [-0.15, -0.1) is 0 Å². The SMILES string of the molecule is CC1(C)C[C@@]2(F)C(=O)NC(=O)N[C@@H]12. The third-order valence-corrected chi connectivity index (χ3v) is 2.83. The second-order valence-electron chi connectivity index (χ2n) is 4.39. The largest absolute Gasteiger partial charge is 0.331 e. The van der Waals surface area contributed by atoms with Gasteiger partial charge in [0.05, 0.1) is 6.04 Å². The van der Waals surface area contributed by atoms with Crippen molar-refractivity contribution in [2.45, 2.75) is 32.0 Å². The van der Waals surface area contributed by atoms with Crippen LogP contribution < -0.4 is 10.6 Å². The molecular formula is C8H11FN2O2. The van der Waals surface area contributed by atoms with E-state index in [-0.39, 0.29) is 11.8 Å². The first kappa shape index (κ1) is 8.47. The first-order valence-corrected chi connectivity index (χ1v) is 4.17. The number of halogens is 1. The second-order valence-corrected chi connectivity index (χ2v) is 4.39. The number of nitrogens with one attached hydrogen (secondary N) is 2. The van der Waals surface area contributed by atoms with Gasteiger partial charge >= 0.3 is 6.03 Å². The second kappa shape index (κ2) is 2.02. The van der Waals surface area contributed by atoms with Gasteiger partial charge in [-0.25, -0.2) is 9.18 Å². The number of imide groups is 1. The molecule has 1 aliphatic carbocycles. The van der Waals surface area contributed by atoms with Gasteiger partial charge in [-0.1, -0.05) is 13.8 Å². The number of carbonyl (C=O) groups excluding carboxylic acids is 2. The fourth-order valence-corrected chi connectivity index (χ4v) is 2.25. The molecule has 2 aliphatic rings. The van der Waals surface area contributed by atoms with Crippen molar-refractivity contribution in [2.24, 2.45) is 5.41 Å². The van der Waals surface area contributed by atoms with Crippen molar-refractivity contribution in [3.8, 4) is 0 Å². The van der Waals surface area contributed by atoms with E-state index >= 15 is 0 Å². The van der Waals surface area contributed by atoms with Gasteiger partial charge in [0.2, 0.25) is 5.67 Å². The zero-order valence-electron chi connectivity index (χ0n) is 7.48. The first-order valence-electron chi connectivity index (χ1n) is 4.17. The molecule has 4 nitrogen and oxygen atoms in total. The fourth-order valence-electron chi connectivity index (χ4n) is 2.25. The highest BCUT2D eigenvalue weighted by Gasteiger charge is 2.67. The summed E-state index contributed by atoms with van der Waals surface area (Å²) in [7, 11) is 0. The molecule has 2 fully saturated rings. The lowest BCUT2D eigenvalue weighted by Crippen LogP contribution is -2.78. The van der Waals surface area contributed by atoms with Crippen molar-refractivity contribution in [1.29, 1.82) is 0 Å². The van der Waals surface area contributed by atoms with Crippen LogP contribution in [0.15, 0.2) is 0 Å². The van der Waals surface area contributed by atoms with Crippen LogP contribution in [0.4, 0.5) is 9.18 Å². The Labute approximate surface area is 74.9 Å². The average Bonchev–Trinajstić information content (AvgIpc) is 1.97. The van der Waals surface area contributed by atoms with Gasteiger partial charge in [0.25, 0.3) is 5.91 Å². The number of hydrogen-bond donors (Lipinski definition) is 2. The molecule has 0 bridgehead atoms. The third kappa shape index (κ3) is 0.897. The molecule has 5 heteroatoms. The number of fused-ring (bicyclic) bond motifs is 1. The molecule has 13 heavy (non-hydrogen) atoms. The zero-order valence-corrected chi connectivity index (χ0v) is 7.48. The predicted octanol–water partition coefficient (Wildman–Crippen LogP) is 0.333. The Morgan fingerprint density at radius 2 is 2.08 bits per heavy atom. The van der Waals surface area contributed by atoms with Crippen LogP contribution in [0, 0.1) is 5.41 Å². The fraction of sp³-hybridized carbons (Fsp3) is 0.750. The topological polar surface area (TPSA) is 58.2 Å². The Bertz CT molecular complexity index is 303. The summed E-state index contributed by atoms with van der Waals surface area (Å²) in [5.74, 6) is -0.805. The van der Waals surface area contributed by atoms with E-state index in [1.54, 1.807) is 0 Å². The van der Waals surface area contributed by atoms with E-state index in [1.807, 2.05) is 19.2 Å². The molecule has 0 spiro atoms. The summed E-state index contributed by atoms with van der Waals surface area (Å²) in [6.45, 7) is 3.66. The highest BCUT2D eigenvalue weighted by atomic mass is 19.1. The minimum absolute atomic E-state index is 0.163. The van der Waals surface area contributed by atoms with E-state index in [2.05, 4.69) is 5.32 Å². The average molecular weight is 186 g/mol. The van der Waals surface area contributed by atoms with Crippen LogP contribution >= 0.6 is 0 Å². The molecular weight excluding hydrogens is 175 g/mol. The highest BCUT2D eigenvalue weighted by Crippen LogP contribution is 2.51. The van der Waals surface area contributed by atoms with E-state index in [1.165, 1.54) is 0 Å². The van der Waals surface area contributed by atoms with Crippen molar-refractivity contribution >= 4 is 11.9 Å². The van der Waals surface area contributed by atoms with Crippen LogP contribution in [0.1, 0.15) is 20.3 Å². The van der Waals surface area contributed by atoms with Crippen LogP contribution in [-0.2, 0) is 4.79 Å². The maximum absolute atomic E-state index is 13.8. The summed E-state index contributed by atoms with van der Waals surface area (Å²) in [6, 6.07) is -1.28. The number of rotatable bonds is 0. The van der Waals surface area contributed by atoms with E-state index < -0.39 is 23.6 Å². The number of hydrogen-bond acceptors (Lipinski definition) is 2. The summed E-state index contributed by atoms with van der Waals surface area (Å²) in [5.41, 5.74) is -2.22. The quantitative estimate of drug-likeness (QED) is 0.573. The van der Waals surface area contributed by atoms with Gasteiger partial charge in [-0.3, -0.25) is 10.1 Å². The van der Waals surface area contributed by atoms with Gasteiger partial charge in [-0.2, -0.15) is 0 Å². The summed E-state index contributed by atoms with van der Waals surface area (Å²) in [5, 5.41) is 4.36. The van der Waals surface area contributed by atoms with E-state index in [0.29, 0.717) is 0 Å². The molecule has 2 rings (SSSR count). The maximum Gasteiger partial charge on any atom is 0.321 e. The molecule has 0 aromatic carbocycles. The maximum atomic E-state index is 13.8. The van der Waals surface area contributed by atoms with Crippen LogP contribution in [0.5, 0.6) is 0 Å². The van der Waals surface area contributed by atoms with Gasteiger partial charge in [0.15, 0.2) is 0 Å². The lowest BCUT2D eigenvalue weighted by Gasteiger charge is -2.56. The number of urea groups is 1. The lowest BCUT2D eigenvalue weighted by atomic mass is 9.57. The smallest absolute Gasteiger partial charge is 0.321 e.